The van der Waals surface area contributed by atoms with Crippen LogP contribution in [0.25, 0.3) is 0 Å². The number of aliphatic carboxylic acids is 2. The third kappa shape index (κ3) is 13.1. The van der Waals surface area contributed by atoms with Crippen molar-refractivity contribution in [3.63, 3.8) is 0 Å². The van der Waals surface area contributed by atoms with E-state index in [-0.39, 0.29) is 24.3 Å². The molecule has 112 valence electrons. The van der Waals surface area contributed by atoms with Gasteiger partial charge in [-0.3, -0.25) is 9.59 Å². The SMILES string of the molecule is O=C(O)CCCCCS(=O)(=O)CCCCCC(=O)O. The Morgan fingerprint density at radius 3 is 1.37 bits per heavy atom. The molecule has 0 bridgehead atoms. The zero-order chi connectivity index (χ0) is 14.7. The minimum Gasteiger partial charge on any atom is -0.481 e. The van der Waals surface area contributed by atoms with Crippen LogP contribution in [0.2, 0.25) is 0 Å². The lowest BCUT2D eigenvalue weighted by Gasteiger charge is -2.04. The van der Waals surface area contributed by atoms with Crippen LogP contribution < -0.4 is 0 Å². The molecule has 0 aromatic heterocycles. The topological polar surface area (TPSA) is 109 Å². The Bertz CT molecular complexity index is 344. The third-order valence-corrected chi connectivity index (χ3v) is 4.51. The quantitative estimate of drug-likeness (QED) is 0.530. The van der Waals surface area contributed by atoms with Gasteiger partial charge in [0, 0.05) is 12.8 Å². The number of hydrogen-bond acceptors (Lipinski definition) is 4. The summed E-state index contributed by atoms with van der Waals surface area (Å²) in [6.07, 6.45) is 3.35. The molecule has 0 aliphatic carbocycles. The largest absolute Gasteiger partial charge is 0.481 e. The zero-order valence-corrected chi connectivity index (χ0v) is 11.8. The molecule has 0 fully saturated rings. The van der Waals surface area contributed by atoms with E-state index < -0.39 is 21.8 Å². The lowest BCUT2D eigenvalue weighted by Crippen LogP contribution is -2.11. The highest BCUT2D eigenvalue weighted by atomic mass is 32.2. The maximum atomic E-state index is 11.6. The fraction of sp³-hybridized carbons (Fsp3) is 0.833. The molecule has 6 nitrogen and oxygen atoms in total. The predicted molar refractivity (Wildman–Crippen MR) is 70.9 cm³/mol. The van der Waals surface area contributed by atoms with Gasteiger partial charge >= 0.3 is 11.9 Å². The van der Waals surface area contributed by atoms with E-state index >= 15 is 0 Å². The summed E-state index contributed by atoms with van der Waals surface area (Å²) in [6, 6.07) is 0. The Kier molecular flexibility index (Phi) is 9.20. The molecule has 0 unspecified atom stereocenters. The van der Waals surface area contributed by atoms with Crippen LogP contribution >= 0.6 is 0 Å². The molecular weight excluding hydrogens is 272 g/mol. The minimum atomic E-state index is -3.08. The molecule has 0 rings (SSSR count). The molecule has 2 N–H and O–H groups in total. The zero-order valence-electron chi connectivity index (χ0n) is 11.0. The van der Waals surface area contributed by atoms with Crippen molar-refractivity contribution in [3.05, 3.63) is 0 Å². The van der Waals surface area contributed by atoms with Crippen molar-refractivity contribution in [2.24, 2.45) is 0 Å². The Morgan fingerprint density at radius 1 is 0.684 bits per heavy atom. The molecule has 7 heteroatoms. The van der Waals surface area contributed by atoms with Crippen LogP contribution in [-0.2, 0) is 19.4 Å². The van der Waals surface area contributed by atoms with Gasteiger partial charge < -0.3 is 10.2 Å². The van der Waals surface area contributed by atoms with Crippen LogP contribution in [0.4, 0.5) is 0 Å². The average molecular weight is 294 g/mol. The number of hydrogen-bond donors (Lipinski definition) is 2. The number of sulfone groups is 1. The van der Waals surface area contributed by atoms with E-state index in [9.17, 15) is 18.0 Å². The summed E-state index contributed by atoms with van der Waals surface area (Å²) in [4.78, 5) is 20.5. The smallest absolute Gasteiger partial charge is 0.303 e. The molecule has 0 aliphatic heterocycles. The number of carboxylic acid groups (broad SMARTS) is 2. The van der Waals surface area contributed by atoms with Gasteiger partial charge in [0.2, 0.25) is 0 Å². The molecule has 0 atom stereocenters. The first kappa shape index (κ1) is 17.9. The molecule has 0 radical (unpaired) electrons. The van der Waals surface area contributed by atoms with Crippen LogP contribution in [0.5, 0.6) is 0 Å². The van der Waals surface area contributed by atoms with Crippen molar-refractivity contribution in [1.82, 2.24) is 0 Å². The summed E-state index contributed by atoms with van der Waals surface area (Å²) in [5.41, 5.74) is 0. The summed E-state index contributed by atoms with van der Waals surface area (Å²) in [5, 5.41) is 16.8. The summed E-state index contributed by atoms with van der Waals surface area (Å²) in [5.74, 6) is -1.54. The maximum absolute atomic E-state index is 11.6. The molecular formula is C12H22O6S. The molecule has 0 aliphatic rings. The fourth-order valence-electron chi connectivity index (χ4n) is 1.65. The van der Waals surface area contributed by atoms with Gasteiger partial charge in [-0.2, -0.15) is 0 Å². The third-order valence-electron chi connectivity index (χ3n) is 2.69. The van der Waals surface area contributed by atoms with Crippen LogP contribution in [0.1, 0.15) is 51.4 Å². The highest BCUT2D eigenvalue weighted by Gasteiger charge is 2.10. The Hall–Kier alpha value is -1.11. The van der Waals surface area contributed by atoms with Crippen LogP contribution in [0, 0.1) is 0 Å². The predicted octanol–water partition coefficient (Wildman–Crippen LogP) is 1.69. The van der Waals surface area contributed by atoms with Crippen molar-refractivity contribution in [3.8, 4) is 0 Å². The van der Waals surface area contributed by atoms with Gasteiger partial charge in [-0.15, -0.1) is 0 Å². The van der Waals surface area contributed by atoms with Gasteiger partial charge in [-0.1, -0.05) is 12.8 Å². The molecule has 0 saturated carbocycles. The first-order valence-corrected chi connectivity index (χ1v) is 8.29. The van der Waals surface area contributed by atoms with Gasteiger partial charge in [-0.25, -0.2) is 8.42 Å². The second-order valence-corrected chi connectivity index (χ2v) is 6.86. The van der Waals surface area contributed by atoms with Gasteiger partial charge in [-0.05, 0) is 25.7 Å². The summed E-state index contributed by atoms with van der Waals surface area (Å²) >= 11 is 0. The lowest BCUT2D eigenvalue weighted by molar-refractivity contribution is -0.138. The maximum Gasteiger partial charge on any atom is 0.303 e. The molecule has 0 saturated heterocycles. The van der Waals surface area contributed by atoms with E-state index in [1.54, 1.807) is 0 Å². The van der Waals surface area contributed by atoms with Crippen LogP contribution in [0.3, 0.4) is 0 Å². The standard InChI is InChI=1S/C12H22O6S/c13-11(14)7-3-1-5-9-19(17,18)10-6-2-4-8-12(15)16/h1-10H2,(H,13,14)(H,15,16). The van der Waals surface area contributed by atoms with Crippen LogP contribution in [-0.4, -0.2) is 42.1 Å². The summed E-state index contributed by atoms with van der Waals surface area (Å²) < 4.78 is 23.2. The first-order chi connectivity index (χ1) is 8.83. The van der Waals surface area contributed by atoms with Gasteiger partial charge in [0.15, 0.2) is 0 Å². The Labute approximate surface area is 113 Å². The fourth-order valence-corrected chi connectivity index (χ4v) is 3.14. The molecule has 0 amide bonds. The van der Waals surface area contributed by atoms with E-state index in [2.05, 4.69) is 0 Å². The van der Waals surface area contributed by atoms with Crippen molar-refractivity contribution in [2.45, 2.75) is 51.4 Å². The van der Waals surface area contributed by atoms with E-state index in [0.29, 0.717) is 38.5 Å². The minimum absolute atomic E-state index is 0.0786. The molecule has 0 spiro atoms. The van der Waals surface area contributed by atoms with Crippen LogP contribution in [0.15, 0.2) is 0 Å². The number of carboxylic acids is 2. The molecule has 0 heterocycles. The van der Waals surface area contributed by atoms with Gasteiger partial charge in [0.1, 0.15) is 9.84 Å². The van der Waals surface area contributed by atoms with E-state index in [1.165, 1.54) is 0 Å². The van der Waals surface area contributed by atoms with E-state index in [1.807, 2.05) is 0 Å². The van der Waals surface area contributed by atoms with Crippen molar-refractivity contribution >= 4 is 21.8 Å². The summed E-state index contributed by atoms with van der Waals surface area (Å²) in [7, 11) is -3.08. The van der Waals surface area contributed by atoms with Crippen molar-refractivity contribution in [1.29, 1.82) is 0 Å². The summed E-state index contributed by atoms with van der Waals surface area (Å²) in [6.45, 7) is 0. The number of rotatable bonds is 12. The number of unbranched alkanes of at least 4 members (excludes halogenated alkanes) is 4. The van der Waals surface area contributed by atoms with Gasteiger partial charge in [0.05, 0.1) is 11.5 Å². The normalized spacial score (nSPS) is 11.4. The number of carbonyl (C=O) groups is 2. The van der Waals surface area contributed by atoms with Crippen molar-refractivity contribution in [2.75, 3.05) is 11.5 Å². The Balaban J connectivity index is 3.58. The Morgan fingerprint density at radius 2 is 1.05 bits per heavy atom. The van der Waals surface area contributed by atoms with Gasteiger partial charge in [0.25, 0.3) is 0 Å². The highest BCUT2D eigenvalue weighted by molar-refractivity contribution is 7.91. The highest BCUT2D eigenvalue weighted by Crippen LogP contribution is 2.07. The molecule has 0 aromatic carbocycles. The second-order valence-electron chi connectivity index (χ2n) is 4.56. The lowest BCUT2D eigenvalue weighted by atomic mass is 10.2. The first-order valence-electron chi connectivity index (χ1n) is 6.47. The van der Waals surface area contributed by atoms with E-state index in [0.717, 1.165) is 0 Å². The van der Waals surface area contributed by atoms with Crippen molar-refractivity contribution < 1.29 is 28.2 Å². The second kappa shape index (κ2) is 9.77. The molecule has 0 aromatic rings. The van der Waals surface area contributed by atoms with E-state index in [4.69, 9.17) is 10.2 Å². The monoisotopic (exact) mass is 294 g/mol. The molecule has 19 heavy (non-hydrogen) atoms. The average Bonchev–Trinajstić information content (AvgIpc) is 2.27.